The number of β-amino-alcohol motifs (C(OH)–C–C–N with tert-alkyl or cyclic N) is 1. The minimum Gasteiger partial charge on any atom is -0.478 e. The predicted molar refractivity (Wildman–Crippen MR) is 175 cm³/mol. The van der Waals surface area contributed by atoms with Gasteiger partial charge in [0.1, 0.15) is 30.5 Å². The molecule has 4 rings (SSSR count). The first-order chi connectivity index (χ1) is 24.0. The number of nitrogens with zero attached hydrogens (tertiary/aromatic N) is 2. The van der Waals surface area contributed by atoms with Crippen LogP contribution in [0.2, 0.25) is 0 Å². The maximum Gasteiger partial charge on any atom is 0.339 e. The zero-order valence-corrected chi connectivity index (χ0v) is 27.6. The van der Waals surface area contributed by atoms with Crippen LogP contribution in [0.1, 0.15) is 32.1 Å². The van der Waals surface area contributed by atoms with Crippen molar-refractivity contribution in [1.82, 2.24) is 10.2 Å². The minimum absolute atomic E-state index is 0.0918. The summed E-state index contributed by atoms with van der Waals surface area (Å²) in [4.78, 5) is 31.7. The zero-order chi connectivity index (χ0) is 36.4. The van der Waals surface area contributed by atoms with Gasteiger partial charge in [0, 0.05) is 38.4 Å². The van der Waals surface area contributed by atoms with E-state index in [4.69, 9.17) is 29.8 Å². The average molecular weight is 709 g/mol. The molecule has 1 saturated heterocycles. The van der Waals surface area contributed by atoms with E-state index < -0.39 is 67.4 Å². The molecule has 2 fully saturated rings. The molecule has 1 aliphatic carbocycles. The van der Waals surface area contributed by atoms with Crippen molar-refractivity contribution in [2.45, 2.75) is 75.2 Å². The number of guanidine groups is 1. The number of rotatable bonds is 15. The second-order valence-electron chi connectivity index (χ2n) is 12.3. The summed E-state index contributed by atoms with van der Waals surface area (Å²) in [5.41, 5.74) is 6.52. The topological polar surface area (TPSA) is 266 Å². The lowest BCUT2D eigenvalue weighted by Crippen LogP contribution is -2.60. The molecule has 17 heteroatoms. The Bertz CT molecular complexity index is 1360. The van der Waals surface area contributed by atoms with Crippen LogP contribution in [-0.2, 0) is 28.5 Å². The molecule has 0 radical (unpaired) electrons. The van der Waals surface area contributed by atoms with E-state index in [0.29, 0.717) is 24.8 Å². The second kappa shape index (κ2) is 18.4. The van der Waals surface area contributed by atoms with E-state index in [2.05, 4.69) is 16.9 Å². The van der Waals surface area contributed by atoms with Gasteiger partial charge in [-0.1, -0.05) is 18.2 Å². The van der Waals surface area contributed by atoms with Crippen LogP contribution in [0.15, 0.2) is 64.7 Å². The molecule has 17 nitrogen and oxygen atoms in total. The summed E-state index contributed by atoms with van der Waals surface area (Å²) in [5, 5.41) is 72.4. The maximum atomic E-state index is 13.6. The number of esters is 1. The van der Waals surface area contributed by atoms with E-state index in [1.165, 1.54) is 18.5 Å². The molecule has 0 unspecified atom stereocenters. The predicted octanol–water partition coefficient (Wildman–Crippen LogP) is -1.68. The second-order valence-corrected chi connectivity index (χ2v) is 12.3. The van der Waals surface area contributed by atoms with Gasteiger partial charge >= 0.3 is 11.9 Å². The number of aliphatic carboxylic acids is 1. The van der Waals surface area contributed by atoms with Gasteiger partial charge in [0.25, 0.3) is 0 Å². The fraction of sp³-hybridized carbons (Fsp3) is 0.606. The fourth-order valence-corrected chi connectivity index (χ4v) is 6.16. The summed E-state index contributed by atoms with van der Waals surface area (Å²) in [5.74, 6) is -3.74. The van der Waals surface area contributed by atoms with Crippen LogP contribution in [-0.4, -0.2) is 141 Å². The van der Waals surface area contributed by atoms with Gasteiger partial charge in [-0.2, -0.15) is 0 Å². The van der Waals surface area contributed by atoms with Gasteiger partial charge in [0.2, 0.25) is 6.29 Å². The average Bonchev–Trinajstić information content (AvgIpc) is 3.61. The molecule has 1 saturated carbocycles. The molecule has 0 bridgehead atoms. The van der Waals surface area contributed by atoms with Gasteiger partial charge in [0.15, 0.2) is 12.2 Å². The van der Waals surface area contributed by atoms with Crippen molar-refractivity contribution in [3.63, 3.8) is 0 Å². The first-order valence-electron chi connectivity index (χ1n) is 16.6. The summed E-state index contributed by atoms with van der Waals surface area (Å²) in [6, 6.07) is 0. The monoisotopic (exact) mass is 708 g/mol. The normalized spacial score (nSPS) is 30.9. The molecule has 3 aliphatic heterocycles. The molecule has 0 aromatic carbocycles. The van der Waals surface area contributed by atoms with E-state index in [1.54, 1.807) is 17.1 Å². The molecule has 0 aromatic rings. The van der Waals surface area contributed by atoms with E-state index in [0.717, 1.165) is 12.8 Å². The number of carboxylic acid groups (broad SMARTS) is 1. The van der Waals surface area contributed by atoms with Crippen molar-refractivity contribution in [2.24, 2.45) is 22.6 Å². The van der Waals surface area contributed by atoms with Gasteiger partial charge in [-0.25, -0.2) is 9.59 Å². The van der Waals surface area contributed by atoms with Crippen LogP contribution in [0, 0.1) is 11.8 Å². The van der Waals surface area contributed by atoms with E-state index in [9.17, 15) is 40.2 Å². The van der Waals surface area contributed by atoms with Gasteiger partial charge in [0.05, 0.1) is 42.2 Å². The van der Waals surface area contributed by atoms with Crippen LogP contribution in [0.4, 0.5) is 0 Å². The number of hydrogen-bond donors (Lipinski definition) is 9. The summed E-state index contributed by atoms with van der Waals surface area (Å²) < 4.78 is 23.1. The molecular weight excluding hydrogens is 660 g/mol. The molecule has 0 aromatic heterocycles. The van der Waals surface area contributed by atoms with Gasteiger partial charge in [-0.3, -0.25) is 4.99 Å². The summed E-state index contributed by atoms with van der Waals surface area (Å²) in [7, 11) is 0. The number of hydrogen-bond acceptors (Lipinski definition) is 14. The van der Waals surface area contributed by atoms with Crippen LogP contribution in [0.25, 0.3) is 0 Å². The first-order valence-corrected chi connectivity index (χ1v) is 16.6. The third-order valence-electron chi connectivity index (χ3n) is 8.87. The summed E-state index contributed by atoms with van der Waals surface area (Å²) >= 11 is 0. The Morgan fingerprint density at radius 2 is 1.84 bits per heavy atom. The van der Waals surface area contributed by atoms with Crippen molar-refractivity contribution >= 4 is 17.9 Å². The Kier molecular flexibility index (Phi) is 14.4. The number of aliphatic hydroxyl groups is 6. The Morgan fingerprint density at radius 3 is 2.48 bits per heavy atom. The number of carbonyl (C=O) groups is 2. The lowest BCUT2D eigenvalue weighted by molar-refractivity contribution is -0.338. The Hall–Kier alpha value is -3.81. The highest BCUT2D eigenvalue weighted by molar-refractivity contribution is 5.95. The highest BCUT2D eigenvalue weighted by Crippen LogP contribution is 2.37. The number of carboxylic acids is 1. The number of aliphatic hydroxyl groups excluding tert-OH is 6. The van der Waals surface area contributed by atoms with Gasteiger partial charge in [-0.15, -0.1) is 6.58 Å². The zero-order valence-electron chi connectivity index (χ0n) is 27.6. The lowest BCUT2D eigenvalue weighted by Gasteiger charge is -2.42. The van der Waals surface area contributed by atoms with Crippen LogP contribution < -0.4 is 11.1 Å². The first kappa shape index (κ1) is 39.0. The molecular formula is C33H48N4O13. The summed E-state index contributed by atoms with van der Waals surface area (Å²) in [6.45, 7) is 3.28. The Balaban J connectivity index is 1.72. The Labute approximate surface area is 289 Å². The number of nitrogens with one attached hydrogen (secondary N) is 1. The highest BCUT2D eigenvalue weighted by Gasteiger charge is 2.47. The van der Waals surface area contributed by atoms with Gasteiger partial charge in [-0.05, 0) is 37.7 Å². The molecule has 8 atom stereocenters. The quantitative estimate of drug-likeness (QED) is 0.0302. The molecule has 0 spiro atoms. The van der Waals surface area contributed by atoms with Crippen molar-refractivity contribution in [3.05, 3.63) is 59.7 Å². The van der Waals surface area contributed by atoms with Crippen LogP contribution in [0.5, 0.6) is 0 Å². The third-order valence-corrected chi connectivity index (χ3v) is 8.87. The number of allylic oxidation sites excluding steroid dienone is 1. The van der Waals surface area contributed by atoms with Crippen LogP contribution >= 0.6 is 0 Å². The number of nitrogens with two attached hydrogens (primary N) is 1. The largest absolute Gasteiger partial charge is 0.478 e. The van der Waals surface area contributed by atoms with Crippen molar-refractivity contribution in [1.29, 1.82) is 0 Å². The number of aliphatic imine (C=N–C) groups is 1. The fourth-order valence-electron chi connectivity index (χ4n) is 6.16. The highest BCUT2D eigenvalue weighted by atomic mass is 16.8. The van der Waals surface area contributed by atoms with E-state index in [1.807, 2.05) is 0 Å². The molecule has 50 heavy (non-hydrogen) atoms. The maximum absolute atomic E-state index is 13.6. The molecule has 0 amide bonds. The third kappa shape index (κ3) is 9.49. The van der Waals surface area contributed by atoms with Crippen LogP contribution in [0.3, 0.4) is 0 Å². The number of carbonyl (C=O) groups excluding carboxylic acids is 1. The lowest BCUT2D eigenvalue weighted by atomic mass is 9.83. The smallest absolute Gasteiger partial charge is 0.339 e. The SMILES string of the molecule is C=C[C@H]1[C@H](O[C@@H]2O[C@H](CO)[C@@H](O)[C@H](O)[C@H]2O)OC=C(C(=O)OC2CCCC2)[C@H]1/C=C/C1=C(NC(N)=NCCCO)C(C(=O)O)=CN(CCO)C1. The Morgan fingerprint density at radius 1 is 1.10 bits per heavy atom. The van der Waals surface area contributed by atoms with Crippen molar-refractivity contribution < 1.29 is 64.3 Å². The molecule has 3 heterocycles. The molecule has 4 aliphatic rings. The minimum atomic E-state index is -1.72. The molecule has 10 N–H and O–H groups in total. The standard InChI is InChI=1S/C33H48N4O13/c1-2-20-21(9-8-18-14-37(11-13-39)15-22(29(44)45)25(18)36-33(34)35-10-5-12-38)23(30(46)48-19-6-3-4-7-19)17-47-31(20)50-32-28(43)27(42)26(41)24(16-40)49-32/h2,8-9,15,17,19-21,24,26-28,31-32,38-43H,1,3-7,10-14,16H2,(H,44,45)(H3,34,35,36)/b9-8+/t20-,21+,24-,26-,27+,28-,31+,32+/m1/s1. The number of ether oxygens (including phenoxy) is 4. The molecule has 278 valence electrons. The van der Waals surface area contributed by atoms with Crippen molar-refractivity contribution in [2.75, 3.05) is 39.5 Å². The van der Waals surface area contributed by atoms with E-state index in [-0.39, 0.29) is 61.8 Å². The van der Waals surface area contributed by atoms with Crippen molar-refractivity contribution in [3.8, 4) is 0 Å². The van der Waals surface area contributed by atoms with E-state index >= 15 is 0 Å². The van der Waals surface area contributed by atoms with Gasteiger partial charge < -0.3 is 70.6 Å². The summed E-state index contributed by atoms with van der Waals surface area (Å²) in [6.07, 6.45) is 1.43.